The Labute approximate surface area is 115 Å². The third-order valence-electron chi connectivity index (χ3n) is 3.64. The number of pyridine rings is 1. The fraction of sp³-hybridized carbons (Fsp3) is 0.200. The highest BCUT2D eigenvalue weighted by Gasteiger charge is 2.12. The lowest BCUT2D eigenvalue weighted by Crippen LogP contribution is -2.23. The number of aromatic nitrogens is 4. The minimum atomic E-state index is 0.497. The second-order valence-corrected chi connectivity index (χ2v) is 5.15. The predicted octanol–water partition coefficient (Wildman–Crippen LogP) is 1.20. The van der Waals surface area contributed by atoms with Crippen LogP contribution >= 0.6 is 0 Å². The summed E-state index contributed by atoms with van der Waals surface area (Å²) in [6.45, 7) is 1.92. The maximum Gasteiger partial charge on any atom is 0.160 e. The van der Waals surface area contributed by atoms with Crippen LogP contribution in [0.25, 0.3) is 34.6 Å². The van der Waals surface area contributed by atoms with Gasteiger partial charge in [-0.3, -0.25) is 0 Å². The van der Waals surface area contributed by atoms with Gasteiger partial charge in [-0.05, 0) is 37.1 Å². The summed E-state index contributed by atoms with van der Waals surface area (Å²) in [6.07, 6.45) is 6.67. The molecule has 0 fully saturated rings. The highest BCUT2D eigenvalue weighted by Crippen LogP contribution is 2.25. The lowest BCUT2D eigenvalue weighted by atomic mass is 10.1. The van der Waals surface area contributed by atoms with Crippen molar-refractivity contribution in [2.24, 2.45) is 0 Å². The first-order valence-corrected chi connectivity index (χ1v) is 6.73. The van der Waals surface area contributed by atoms with Crippen molar-refractivity contribution in [2.45, 2.75) is 19.8 Å². The first kappa shape index (κ1) is 11.3. The number of nitrogens with two attached hydrogens (primary N) is 1. The molecule has 5 heteroatoms. The van der Waals surface area contributed by atoms with E-state index in [-0.39, 0.29) is 0 Å². The van der Waals surface area contributed by atoms with E-state index in [0.29, 0.717) is 5.82 Å². The predicted molar refractivity (Wildman–Crippen MR) is 80.2 cm³/mol. The molecule has 0 bridgehead atoms. The van der Waals surface area contributed by atoms with Crippen molar-refractivity contribution in [1.29, 1.82) is 0 Å². The summed E-state index contributed by atoms with van der Waals surface area (Å²) in [7, 11) is 0. The van der Waals surface area contributed by atoms with Crippen LogP contribution in [0.1, 0.15) is 18.7 Å². The van der Waals surface area contributed by atoms with E-state index in [1.165, 1.54) is 10.6 Å². The Morgan fingerprint density at radius 2 is 1.95 bits per heavy atom. The first-order chi connectivity index (χ1) is 9.70. The van der Waals surface area contributed by atoms with Gasteiger partial charge in [0.2, 0.25) is 0 Å². The number of anilines is 1. The summed E-state index contributed by atoms with van der Waals surface area (Å²) in [5.41, 5.74) is 9.53. The molecule has 0 aromatic carbocycles. The van der Waals surface area contributed by atoms with Gasteiger partial charge in [0, 0.05) is 16.6 Å². The van der Waals surface area contributed by atoms with Crippen molar-refractivity contribution in [2.75, 3.05) is 5.73 Å². The van der Waals surface area contributed by atoms with Crippen molar-refractivity contribution in [3.63, 3.8) is 0 Å². The van der Waals surface area contributed by atoms with Gasteiger partial charge in [-0.15, -0.1) is 0 Å². The minimum Gasteiger partial charge on any atom is -0.384 e. The van der Waals surface area contributed by atoms with Crippen LogP contribution in [0.4, 0.5) is 5.82 Å². The number of nitrogens with zero attached hydrogens (tertiary/aromatic N) is 2. The van der Waals surface area contributed by atoms with E-state index >= 15 is 0 Å². The number of nitrogen functional groups attached to an aromatic ring is 1. The van der Waals surface area contributed by atoms with Crippen LogP contribution in [0, 0.1) is 6.92 Å². The van der Waals surface area contributed by atoms with Crippen molar-refractivity contribution >= 4 is 29.1 Å². The Morgan fingerprint density at radius 1 is 1.10 bits per heavy atom. The first-order valence-electron chi connectivity index (χ1n) is 6.73. The molecule has 3 aromatic heterocycles. The second-order valence-electron chi connectivity index (χ2n) is 5.15. The van der Waals surface area contributed by atoms with E-state index in [9.17, 15) is 0 Å². The number of aryl methyl sites for hydroxylation is 1. The van der Waals surface area contributed by atoms with Gasteiger partial charge >= 0.3 is 0 Å². The van der Waals surface area contributed by atoms with Gasteiger partial charge in [0.1, 0.15) is 17.2 Å². The van der Waals surface area contributed by atoms with Gasteiger partial charge in [-0.2, -0.15) is 0 Å². The number of nitrogens with one attached hydrogen (secondary N) is 2. The fourth-order valence-corrected chi connectivity index (χ4v) is 2.77. The number of hydrogen-bond donors (Lipinski definition) is 3. The summed E-state index contributed by atoms with van der Waals surface area (Å²) >= 11 is 0. The number of H-pyrrole nitrogens is 2. The summed E-state index contributed by atoms with van der Waals surface area (Å²) in [5.74, 6) is 1.34. The molecule has 0 unspecified atom stereocenters. The summed E-state index contributed by atoms with van der Waals surface area (Å²) in [6, 6.07) is 4.03. The summed E-state index contributed by atoms with van der Waals surface area (Å²) in [5, 5.41) is 2.43. The monoisotopic (exact) mass is 265 g/mol. The zero-order valence-corrected chi connectivity index (χ0v) is 11.2. The van der Waals surface area contributed by atoms with Crippen molar-refractivity contribution in [3.05, 3.63) is 28.5 Å². The zero-order valence-electron chi connectivity index (χ0n) is 11.2. The van der Waals surface area contributed by atoms with Gasteiger partial charge in [0.15, 0.2) is 5.65 Å². The van der Waals surface area contributed by atoms with E-state index < -0.39 is 0 Å². The normalized spacial score (nSPS) is 13.8. The number of fused-ring (bicyclic) bond motifs is 2. The Kier molecular flexibility index (Phi) is 2.24. The molecule has 100 valence electrons. The highest BCUT2D eigenvalue weighted by molar-refractivity contribution is 5.90. The van der Waals surface area contributed by atoms with Gasteiger partial charge in [-0.25, -0.2) is 9.97 Å². The largest absolute Gasteiger partial charge is 0.384 e. The molecular weight excluding hydrogens is 250 g/mol. The Morgan fingerprint density at radius 3 is 2.80 bits per heavy atom. The van der Waals surface area contributed by atoms with E-state index in [1.807, 2.05) is 13.0 Å². The fourth-order valence-electron chi connectivity index (χ4n) is 2.77. The molecule has 3 heterocycles. The lowest BCUT2D eigenvalue weighted by Gasteiger charge is -2.01. The molecule has 4 N–H and O–H groups in total. The average molecular weight is 265 g/mol. The third-order valence-corrected chi connectivity index (χ3v) is 3.64. The molecule has 0 radical (unpaired) electrons. The molecule has 5 nitrogen and oxygen atoms in total. The van der Waals surface area contributed by atoms with Crippen molar-refractivity contribution in [3.8, 4) is 11.3 Å². The smallest absolute Gasteiger partial charge is 0.160 e. The highest BCUT2D eigenvalue weighted by atomic mass is 15.0. The molecule has 0 saturated carbocycles. The molecule has 3 aromatic rings. The standard InChI is InChI=1S/C15H15N5/c1-8-17-14-10(7-13(16)20-15(14)18-8)12-6-9-4-2-3-5-11(9)19-12/h4-7,19H,2-3H2,1H3,(H3,16,17,18,20). The summed E-state index contributed by atoms with van der Waals surface area (Å²) in [4.78, 5) is 15.4. The van der Waals surface area contributed by atoms with Gasteiger partial charge in [0.25, 0.3) is 0 Å². The average Bonchev–Trinajstić information content (AvgIpc) is 2.99. The van der Waals surface area contributed by atoms with E-state index in [0.717, 1.165) is 41.1 Å². The van der Waals surface area contributed by atoms with E-state index in [4.69, 9.17) is 5.73 Å². The third kappa shape index (κ3) is 1.63. The van der Waals surface area contributed by atoms with E-state index in [1.54, 1.807) is 0 Å². The molecule has 0 amide bonds. The van der Waals surface area contributed by atoms with Crippen LogP contribution in [0.3, 0.4) is 0 Å². The maximum absolute atomic E-state index is 5.91. The number of hydrogen-bond acceptors (Lipinski definition) is 3. The molecule has 4 rings (SSSR count). The second kappa shape index (κ2) is 3.96. The topological polar surface area (TPSA) is 83.4 Å². The SMILES string of the molecule is Cc1nc2c(-c3cc4c([nH]3)=CCCC=4)cc(N)nc2[nH]1. The molecule has 1 aliphatic carbocycles. The van der Waals surface area contributed by atoms with Crippen LogP contribution in [-0.4, -0.2) is 19.9 Å². The zero-order chi connectivity index (χ0) is 13.7. The maximum atomic E-state index is 5.91. The molecular formula is C15H15N5. The molecule has 0 saturated heterocycles. The van der Waals surface area contributed by atoms with Gasteiger partial charge < -0.3 is 15.7 Å². The van der Waals surface area contributed by atoms with E-state index in [2.05, 4.69) is 38.2 Å². The summed E-state index contributed by atoms with van der Waals surface area (Å²) < 4.78 is 0. The number of rotatable bonds is 1. The lowest BCUT2D eigenvalue weighted by molar-refractivity contribution is 1.10. The van der Waals surface area contributed by atoms with Crippen LogP contribution in [0.2, 0.25) is 0 Å². The Bertz CT molecular complexity index is 896. The van der Waals surface area contributed by atoms with Crippen LogP contribution in [-0.2, 0) is 0 Å². The molecule has 0 atom stereocenters. The molecule has 0 spiro atoms. The minimum absolute atomic E-state index is 0.497. The number of aromatic amines is 2. The van der Waals surface area contributed by atoms with Crippen molar-refractivity contribution in [1.82, 2.24) is 19.9 Å². The molecule has 0 aliphatic heterocycles. The van der Waals surface area contributed by atoms with Crippen LogP contribution < -0.4 is 16.3 Å². The van der Waals surface area contributed by atoms with Crippen molar-refractivity contribution < 1.29 is 0 Å². The van der Waals surface area contributed by atoms with Crippen LogP contribution in [0.5, 0.6) is 0 Å². The number of imidazole rings is 1. The molecule has 20 heavy (non-hydrogen) atoms. The van der Waals surface area contributed by atoms with Gasteiger partial charge in [-0.1, -0.05) is 12.2 Å². The van der Waals surface area contributed by atoms with Crippen LogP contribution in [0.15, 0.2) is 12.1 Å². The van der Waals surface area contributed by atoms with Gasteiger partial charge in [0.05, 0.1) is 0 Å². The quantitative estimate of drug-likeness (QED) is 0.618. The Hall–Kier alpha value is -2.56. The Balaban J connectivity index is 2.05. The molecule has 1 aliphatic rings.